The molecule has 0 aliphatic heterocycles. The Hall–Kier alpha value is -2.93. The second kappa shape index (κ2) is 5.31. The van der Waals surface area contributed by atoms with Crippen LogP contribution in [0.25, 0.3) is 21.8 Å². The van der Waals surface area contributed by atoms with Crippen molar-refractivity contribution in [3.63, 3.8) is 0 Å². The number of halogens is 1. The van der Waals surface area contributed by atoms with Crippen molar-refractivity contribution < 1.29 is 12.8 Å². The van der Waals surface area contributed by atoms with Gasteiger partial charge >= 0.3 is 0 Å². The maximum Gasteiger partial charge on any atom is 0.262 e. The third-order valence-corrected chi connectivity index (χ3v) is 5.21. The van der Waals surface area contributed by atoms with Crippen LogP contribution in [0.1, 0.15) is 0 Å². The Morgan fingerprint density at radius 3 is 2.83 bits per heavy atom. The van der Waals surface area contributed by atoms with E-state index in [1.807, 2.05) is 6.07 Å². The fourth-order valence-corrected chi connectivity index (χ4v) is 3.92. The van der Waals surface area contributed by atoms with E-state index in [4.69, 9.17) is 0 Å². The van der Waals surface area contributed by atoms with Gasteiger partial charge in [-0.15, -0.1) is 0 Å². The molecule has 0 atom stereocenters. The number of benzene rings is 2. The molecule has 2 heterocycles. The third-order valence-electron chi connectivity index (χ3n) is 3.78. The predicted molar refractivity (Wildman–Crippen MR) is 90.8 cm³/mol. The zero-order chi connectivity index (χ0) is 16.7. The van der Waals surface area contributed by atoms with Gasteiger partial charge in [0.25, 0.3) is 10.0 Å². The summed E-state index contributed by atoms with van der Waals surface area (Å²) in [5.41, 5.74) is 1.37. The minimum absolute atomic E-state index is 0.0128. The van der Waals surface area contributed by atoms with Gasteiger partial charge in [0.2, 0.25) is 0 Å². The maximum absolute atomic E-state index is 13.8. The van der Waals surface area contributed by atoms with Gasteiger partial charge in [0.05, 0.1) is 4.90 Å². The average molecular weight is 341 g/mol. The summed E-state index contributed by atoms with van der Waals surface area (Å²) in [4.78, 5) is 6.96. The Morgan fingerprint density at radius 1 is 1.08 bits per heavy atom. The number of nitrogens with one attached hydrogen (secondary N) is 2. The van der Waals surface area contributed by atoms with Gasteiger partial charge in [-0.1, -0.05) is 0 Å². The van der Waals surface area contributed by atoms with Crippen molar-refractivity contribution >= 4 is 37.5 Å². The van der Waals surface area contributed by atoms with Crippen molar-refractivity contribution in [1.29, 1.82) is 0 Å². The van der Waals surface area contributed by atoms with Crippen molar-refractivity contribution in [2.24, 2.45) is 0 Å². The van der Waals surface area contributed by atoms with E-state index >= 15 is 0 Å². The molecule has 0 aliphatic rings. The van der Waals surface area contributed by atoms with Crippen LogP contribution in [-0.4, -0.2) is 18.4 Å². The van der Waals surface area contributed by atoms with Crippen LogP contribution in [0, 0.1) is 5.82 Å². The molecule has 0 amide bonds. The highest BCUT2D eigenvalue weighted by atomic mass is 32.2. The van der Waals surface area contributed by atoms with Crippen molar-refractivity contribution in [2.75, 3.05) is 4.72 Å². The molecule has 0 unspecified atom stereocenters. The Bertz CT molecular complexity index is 1170. The molecule has 0 fully saturated rings. The van der Waals surface area contributed by atoms with E-state index in [-0.39, 0.29) is 15.8 Å². The second-order valence-electron chi connectivity index (χ2n) is 5.33. The number of pyridine rings is 1. The van der Waals surface area contributed by atoms with E-state index < -0.39 is 15.8 Å². The molecule has 0 radical (unpaired) electrons. The number of sulfonamides is 1. The number of aromatic nitrogens is 2. The molecule has 0 saturated carbocycles. The van der Waals surface area contributed by atoms with Gasteiger partial charge in [-0.3, -0.25) is 9.71 Å². The van der Waals surface area contributed by atoms with Crippen molar-refractivity contribution in [3.05, 3.63) is 66.7 Å². The SMILES string of the molecule is O=S(=O)(Nc1ccc2[nH]ccc2c1)c1ccc(F)c2ncccc12. The molecule has 120 valence electrons. The monoisotopic (exact) mass is 341 g/mol. The maximum atomic E-state index is 13.8. The highest BCUT2D eigenvalue weighted by molar-refractivity contribution is 7.93. The molecule has 0 saturated heterocycles. The average Bonchev–Trinajstić information content (AvgIpc) is 3.02. The summed E-state index contributed by atoms with van der Waals surface area (Å²) in [6.07, 6.45) is 3.21. The van der Waals surface area contributed by atoms with Gasteiger partial charge in [-0.2, -0.15) is 0 Å². The second-order valence-corrected chi connectivity index (χ2v) is 6.98. The standard InChI is InChI=1S/C17H12FN3O2S/c18-14-4-6-16(13-2-1-8-20-17(13)14)24(22,23)21-12-3-5-15-11(10-12)7-9-19-15/h1-10,19,21H. The van der Waals surface area contributed by atoms with Crippen LogP contribution in [0.4, 0.5) is 10.1 Å². The van der Waals surface area contributed by atoms with Gasteiger partial charge in [0.15, 0.2) is 0 Å². The Kier molecular flexibility index (Phi) is 3.24. The first-order valence-corrected chi connectivity index (χ1v) is 8.66. The Labute approximate surface area is 137 Å². The molecule has 5 nitrogen and oxygen atoms in total. The number of hydrogen-bond donors (Lipinski definition) is 2. The summed E-state index contributed by atoms with van der Waals surface area (Å²) in [6, 6.07) is 12.5. The largest absolute Gasteiger partial charge is 0.361 e. The molecule has 2 aromatic heterocycles. The molecule has 4 rings (SSSR count). The van der Waals surface area contributed by atoms with Crippen LogP contribution in [0.5, 0.6) is 0 Å². The normalized spacial score (nSPS) is 11.9. The number of fused-ring (bicyclic) bond motifs is 2. The first-order chi connectivity index (χ1) is 11.5. The summed E-state index contributed by atoms with van der Waals surface area (Å²) in [7, 11) is -3.88. The number of H-pyrrole nitrogens is 1. The zero-order valence-electron chi connectivity index (χ0n) is 12.3. The smallest absolute Gasteiger partial charge is 0.262 e. The van der Waals surface area contributed by atoms with Crippen LogP contribution in [-0.2, 0) is 10.0 Å². The Morgan fingerprint density at radius 2 is 1.96 bits per heavy atom. The molecule has 0 spiro atoms. The quantitative estimate of drug-likeness (QED) is 0.597. The fourth-order valence-electron chi connectivity index (χ4n) is 2.67. The van der Waals surface area contributed by atoms with Gasteiger partial charge < -0.3 is 4.98 Å². The molecule has 0 bridgehead atoms. The lowest BCUT2D eigenvalue weighted by Gasteiger charge is -2.11. The van der Waals surface area contributed by atoms with Crippen LogP contribution >= 0.6 is 0 Å². The third kappa shape index (κ3) is 2.39. The first-order valence-electron chi connectivity index (χ1n) is 7.18. The van der Waals surface area contributed by atoms with Gasteiger partial charge in [-0.05, 0) is 48.5 Å². The van der Waals surface area contributed by atoms with Crippen molar-refractivity contribution in [3.8, 4) is 0 Å². The molecule has 2 aromatic carbocycles. The van der Waals surface area contributed by atoms with Crippen molar-refractivity contribution in [2.45, 2.75) is 4.90 Å². The highest BCUT2D eigenvalue weighted by Crippen LogP contribution is 2.26. The molecular weight excluding hydrogens is 329 g/mol. The number of aromatic amines is 1. The van der Waals surface area contributed by atoms with E-state index in [9.17, 15) is 12.8 Å². The number of rotatable bonds is 3. The van der Waals surface area contributed by atoms with Crippen LogP contribution < -0.4 is 4.72 Å². The number of hydrogen-bond acceptors (Lipinski definition) is 3. The molecule has 2 N–H and O–H groups in total. The summed E-state index contributed by atoms with van der Waals surface area (Å²) >= 11 is 0. The molecule has 0 aliphatic carbocycles. The lowest BCUT2D eigenvalue weighted by atomic mass is 10.2. The summed E-state index contributed by atoms with van der Waals surface area (Å²) in [6.45, 7) is 0. The van der Waals surface area contributed by atoms with E-state index in [2.05, 4.69) is 14.7 Å². The van der Waals surface area contributed by atoms with Gasteiger partial charge in [0, 0.05) is 34.4 Å². The predicted octanol–water partition coefficient (Wildman–Crippen LogP) is 3.66. The number of nitrogens with zero attached hydrogens (tertiary/aromatic N) is 1. The number of anilines is 1. The molecule has 24 heavy (non-hydrogen) atoms. The molecular formula is C17H12FN3O2S. The topological polar surface area (TPSA) is 74.8 Å². The van der Waals surface area contributed by atoms with Crippen molar-refractivity contribution in [1.82, 2.24) is 9.97 Å². The zero-order valence-corrected chi connectivity index (χ0v) is 13.1. The first kappa shape index (κ1) is 14.6. The van der Waals surface area contributed by atoms with Crippen LogP contribution in [0.15, 0.2) is 65.8 Å². The Balaban J connectivity index is 1.81. The van der Waals surface area contributed by atoms with E-state index in [1.54, 1.807) is 30.5 Å². The minimum Gasteiger partial charge on any atom is -0.361 e. The summed E-state index contributed by atoms with van der Waals surface area (Å²) in [5.74, 6) is -0.557. The highest BCUT2D eigenvalue weighted by Gasteiger charge is 2.19. The van der Waals surface area contributed by atoms with E-state index in [1.165, 1.54) is 18.3 Å². The van der Waals surface area contributed by atoms with Gasteiger partial charge in [0.1, 0.15) is 11.3 Å². The lowest BCUT2D eigenvalue weighted by molar-refractivity contribution is 0.601. The van der Waals surface area contributed by atoms with E-state index in [0.717, 1.165) is 17.0 Å². The summed E-state index contributed by atoms with van der Waals surface area (Å²) in [5, 5.41) is 1.13. The minimum atomic E-state index is -3.88. The van der Waals surface area contributed by atoms with Gasteiger partial charge in [-0.25, -0.2) is 12.8 Å². The fraction of sp³-hybridized carbons (Fsp3) is 0. The summed E-state index contributed by atoms with van der Waals surface area (Å²) < 4.78 is 41.8. The van der Waals surface area contributed by atoms with Crippen LogP contribution in [0.2, 0.25) is 0 Å². The lowest BCUT2D eigenvalue weighted by Crippen LogP contribution is -2.13. The van der Waals surface area contributed by atoms with Crippen LogP contribution in [0.3, 0.4) is 0 Å². The van der Waals surface area contributed by atoms with E-state index in [0.29, 0.717) is 5.69 Å². The molecule has 7 heteroatoms. The molecule has 4 aromatic rings.